The lowest BCUT2D eigenvalue weighted by molar-refractivity contribution is -0.128. The number of likely N-dealkylation sites (tertiary alicyclic amines) is 1. The fourth-order valence-electron chi connectivity index (χ4n) is 1.50. The van der Waals surface area contributed by atoms with Gasteiger partial charge < -0.3 is 4.74 Å². The largest absolute Gasteiger partial charge is 0.444 e. The SMILES string of the molecule is CCC(=O)[C@H]1CCN1C(=O)OC(C)(C)C. The molecule has 0 N–H and O–H groups in total. The van der Waals surface area contributed by atoms with Gasteiger partial charge in [0.15, 0.2) is 5.78 Å². The smallest absolute Gasteiger partial charge is 0.410 e. The third kappa shape index (κ3) is 2.94. The van der Waals surface area contributed by atoms with Crippen LogP contribution in [0.4, 0.5) is 4.79 Å². The Bertz CT molecular complexity index is 267. The van der Waals surface area contributed by atoms with Gasteiger partial charge in [0.25, 0.3) is 0 Å². The Labute approximate surface area is 90.6 Å². The van der Waals surface area contributed by atoms with Crippen molar-refractivity contribution < 1.29 is 14.3 Å². The quantitative estimate of drug-likeness (QED) is 0.704. The highest BCUT2D eigenvalue weighted by Crippen LogP contribution is 2.22. The third-order valence-electron chi connectivity index (χ3n) is 2.37. The van der Waals surface area contributed by atoms with Crippen molar-refractivity contribution in [1.29, 1.82) is 0 Å². The van der Waals surface area contributed by atoms with E-state index in [0.717, 1.165) is 6.42 Å². The molecule has 1 aliphatic heterocycles. The Morgan fingerprint density at radius 2 is 2.00 bits per heavy atom. The van der Waals surface area contributed by atoms with Gasteiger partial charge in [0.1, 0.15) is 5.60 Å². The van der Waals surface area contributed by atoms with Gasteiger partial charge in [-0.05, 0) is 27.2 Å². The minimum atomic E-state index is -0.494. The Kier molecular flexibility index (Phi) is 3.37. The summed E-state index contributed by atoms with van der Waals surface area (Å²) in [6.07, 6.45) is 0.871. The van der Waals surface area contributed by atoms with E-state index < -0.39 is 5.60 Å². The van der Waals surface area contributed by atoms with Crippen LogP contribution in [-0.4, -0.2) is 35.0 Å². The molecule has 1 amide bonds. The fraction of sp³-hybridized carbons (Fsp3) is 0.818. The minimum absolute atomic E-state index is 0.118. The van der Waals surface area contributed by atoms with E-state index in [2.05, 4.69) is 0 Å². The van der Waals surface area contributed by atoms with E-state index in [4.69, 9.17) is 4.74 Å². The summed E-state index contributed by atoms with van der Waals surface area (Å²) in [5.74, 6) is 0.118. The molecule has 0 aliphatic carbocycles. The number of rotatable bonds is 2. The molecular formula is C11H19NO3. The molecule has 0 unspecified atom stereocenters. The molecule has 0 aromatic rings. The van der Waals surface area contributed by atoms with Gasteiger partial charge in [-0.25, -0.2) is 4.79 Å². The molecule has 4 nitrogen and oxygen atoms in total. The third-order valence-corrected chi connectivity index (χ3v) is 2.37. The summed E-state index contributed by atoms with van der Waals surface area (Å²) in [6, 6.07) is -0.246. The van der Waals surface area contributed by atoms with Crippen molar-refractivity contribution in [1.82, 2.24) is 4.90 Å². The van der Waals surface area contributed by atoms with Crippen LogP contribution in [0.25, 0.3) is 0 Å². The molecule has 1 fully saturated rings. The molecule has 0 spiro atoms. The van der Waals surface area contributed by atoms with Gasteiger partial charge >= 0.3 is 6.09 Å². The number of hydrogen-bond donors (Lipinski definition) is 0. The number of carbonyl (C=O) groups excluding carboxylic acids is 2. The summed E-state index contributed by atoms with van der Waals surface area (Å²) in [6.45, 7) is 7.91. The highest BCUT2D eigenvalue weighted by atomic mass is 16.6. The van der Waals surface area contributed by atoms with Crippen molar-refractivity contribution in [3.63, 3.8) is 0 Å². The first-order chi connectivity index (χ1) is 6.85. The van der Waals surface area contributed by atoms with Crippen molar-refractivity contribution >= 4 is 11.9 Å². The van der Waals surface area contributed by atoms with Crippen molar-refractivity contribution in [3.05, 3.63) is 0 Å². The number of nitrogens with zero attached hydrogens (tertiary/aromatic N) is 1. The lowest BCUT2D eigenvalue weighted by atomic mass is 9.98. The zero-order valence-corrected chi connectivity index (χ0v) is 9.87. The first kappa shape index (κ1) is 12.0. The summed E-state index contributed by atoms with van der Waals surface area (Å²) < 4.78 is 5.20. The van der Waals surface area contributed by atoms with Crippen molar-refractivity contribution in [2.75, 3.05) is 6.54 Å². The van der Waals surface area contributed by atoms with Crippen LogP contribution in [-0.2, 0) is 9.53 Å². The van der Waals surface area contributed by atoms with E-state index in [1.165, 1.54) is 4.90 Å². The van der Waals surface area contributed by atoms with E-state index in [1.807, 2.05) is 27.7 Å². The number of ether oxygens (including phenoxy) is 1. The first-order valence-corrected chi connectivity index (χ1v) is 5.37. The number of Topliss-reactive ketones (excluding diaryl/α,β-unsaturated/α-hetero) is 1. The highest BCUT2D eigenvalue weighted by molar-refractivity contribution is 5.88. The summed E-state index contributed by atoms with van der Waals surface area (Å²) in [4.78, 5) is 24.6. The zero-order chi connectivity index (χ0) is 11.6. The molecule has 0 radical (unpaired) electrons. The molecule has 0 bridgehead atoms. The molecule has 0 aromatic heterocycles. The Morgan fingerprint density at radius 1 is 1.40 bits per heavy atom. The second-order valence-electron chi connectivity index (χ2n) is 4.80. The maximum absolute atomic E-state index is 11.6. The predicted octanol–water partition coefficient (Wildman–Crippen LogP) is 1.97. The van der Waals surface area contributed by atoms with E-state index in [0.29, 0.717) is 13.0 Å². The highest BCUT2D eigenvalue weighted by Gasteiger charge is 2.38. The maximum atomic E-state index is 11.6. The molecule has 1 aliphatic rings. The predicted molar refractivity (Wildman–Crippen MR) is 56.6 cm³/mol. The van der Waals surface area contributed by atoms with Gasteiger partial charge in [-0.3, -0.25) is 9.69 Å². The average Bonchev–Trinajstić information content (AvgIpc) is 1.97. The molecule has 1 saturated heterocycles. The lowest BCUT2D eigenvalue weighted by Crippen LogP contribution is -2.56. The van der Waals surface area contributed by atoms with Gasteiger partial charge in [-0.2, -0.15) is 0 Å². The topological polar surface area (TPSA) is 46.6 Å². The molecule has 0 aromatic carbocycles. The van der Waals surface area contributed by atoms with Crippen LogP contribution in [0.3, 0.4) is 0 Å². The van der Waals surface area contributed by atoms with Crippen LogP contribution in [0.15, 0.2) is 0 Å². The normalized spacial score (nSPS) is 20.8. The molecule has 4 heteroatoms. The van der Waals surface area contributed by atoms with Gasteiger partial charge in [0, 0.05) is 13.0 Å². The first-order valence-electron chi connectivity index (χ1n) is 5.37. The van der Waals surface area contributed by atoms with Gasteiger partial charge in [-0.15, -0.1) is 0 Å². The number of carbonyl (C=O) groups is 2. The Balaban J connectivity index is 2.51. The maximum Gasteiger partial charge on any atom is 0.410 e. The van der Waals surface area contributed by atoms with E-state index in [-0.39, 0.29) is 17.9 Å². The fourth-order valence-corrected chi connectivity index (χ4v) is 1.50. The second kappa shape index (κ2) is 4.21. The average molecular weight is 213 g/mol. The molecule has 1 atom stereocenters. The zero-order valence-electron chi connectivity index (χ0n) is 9.87. The van der Waals surface area contributed by atoms with Crippen LogP contribution >= 0.6 is 0 Å². The summed E-state index contributed by atoms with van der Waals surface area (Å²) in [7, 11) is 0. The molecule has 1 rings (SSSR count). The minimum Gasteiger partial charge on any atom is -0.444 e. The van der Waals surface area contributed by atoms with E-state index >= 15 is 0 Å². The van der Waals surface area contributed by atoms with E-state index in [1.54, 1.807) is 0 Å². The van der Waals surface area contributed by atoms with Gasteiger partial charge in [0.2, 0.25) is 0 Å². The van der Waals surface area contributed by atoms with Crippen LogP contribution in [0.5, 0.6) is 0 Å². The standard InChI is InChI=1S/C11H19NO3/c1-5-9(13)8-6-7-12(8)10(14)15-11(2,3)4/h8H,5-7H2,1-4H3/t8-/m1/s1. The number of ketones is 1. The Hall–Kier alpha value is -1.06. The van der Waals surface area contributed by atoms with Crippen LogP contribution in [0.2, 0.25) is 0 Å². The molecular weight excluding hydrogens is 194 g/mol. The summed E-state index contributed by atoms with van der Waals surface area (Å²) in [5, 5.41) is 0. The summed E-state index contributed by atoms with van der Waals surface area (Å²) in [5.41, 5.74) is -0.494. The number of hydrogen-bond acceptors (Lipinski definition) is 3. The molecule has 86 valence electrons. The summed E-state index contributed by atoms with van der Waals surface area (Å²) >= 11 is 0. The van der Waals surface area contributed by atoms with Gasteiger partial charge in [0.05, 0.1) is 6.04 Å². The van der Waals surface area contributed by atoms with Crippen molar-refractivity contribution in [2.24, 2.45) is 0 Å². The van der Waals surface area contributed by atoms with Crippen LogP contribution < -0.4 is 0 Å². The van der Waals surface area contributed by atoms with Crippen molar-refractivity contribution in [2.45, 2.75) is 52.2 Å². The molecule has 0 saturated carbocycles. The Morgan fingerprint density at radius 3 is 2.33 bits per heavy atom. The van der Waals surface area contributed by atoms with Crippen LogP contribution in [0, 0.1) is 0 Å². The van der Waals surface area contributed by atoms with Crippen molar-refractivity contribution in [3.8, 4) is 0 Å². The molecule has 15 heavy (non-hydrogen) atoms. The lowest BCUT2D eigenvalue weighted by Gasteiger charge is -2.40. The molecule has 1 heterocycles. The number of amides is 1. The monoisotopic (exact) mass is 213 g/mol. The second-order valence-corrected chi connectivity index (χ2v) is 4.80. The van der Waals surface area contributed by atoms with Crippen LogP contribution in [0.1, 0.15) is 40.5 Å². The van der Waals surface area contributed by atoms with Gasteiger partial charge in [-0.1, -0.05) is 6.92 Å². The van der Waals surface area contributed by atoms with E-state index in [9.17, 15) is 9.59 Å².